The minimum absolute atomic E-state index is 0.271. The van der Waals surface area contributed by atoms with Gasteiger partial charge in [-0.05, 0) is 41.9 Å². The second-order valence-electron chi connectivity index (χ2n) is 3.26. The number of methoxy groups -OCH3 is 1. The lowest BCUT2D eigenvalue weighted by Gasteiger charge is -2.13. The Morgan fingerprint density at radius 3 is 2.86 bits per heavy atom. The second-order valence-corrected chi connectivity index (χ2v) is 4.12. The van der Waals surface area contributed by atoms with Gasteiger partial charge in [-0.1, -0.05) is 0 Å². The molecule has 1 atom stereocenters. The summed E-state index contributed by atoms with van der Waals surface area (Å²) in [6, 6.07) is 4.21. The number of ether oxygens (including phenoxy) is 1. The van der Waals surface area contributed by atoms with Gasteiger partial charge < -0.3 is 10.1 Å². The van der Waals surface area contributed by atoms with Gasteiger partial charge in [-0.2, -0.15) is 0 Å². The smallest absolute Gasteiger partial charge is 0.126 e. The normalized spacial score (nSPS) is 12.6. The Labute approximate surface area is 93.0 Å². The standard InChI is InChI=1S/C10H15BrN2O/c1-7(6-14-3)12-10-5-4-9(11)8(2)13-10/h4-5,7H,6H2,1-3H3,(H,12,13). The van der Waals surface area contributed by atoms with E-state index < -0.39 is 0 Å². The summed E-state index contributed by atoms with van der Waals surface area (Å²) in [6.07, 6.45) is 0. The van der Waals surface area contributed by atoms with Crippen LogP contribution in [0.1, 0.15) is 12.6 Å². The van der Waals surface area contributed by atoms with Crippen LogP contribution in [0, 0.1) is 6.92 Å². The Morgan fingerprint density at radius 1 is 1.57 bits per heavy atom. The molecule has 0 amide bonds. The first-order valence-electron chi connectivity index (χ1n) is 4.52. The lowest BCUT2D eigenvalue weighted by Crippen LogP contribution is -2.21. The quantitative estimate of drug-likeness (QED) is 0.902. The molecule has 1 aromatic rings. The maximum Gasteiger partial charge on any atom is 0.126 e. The van der Waals surface area contributed by atoms with Crippen LogP contribution in [0.4, 0.5) is 5.82 Å². The molecule has 0 spiro atoms. The first-order valence-corrected chi connectivity index (χ1v) is 5.31. The van der Waals surface area contributed by atoms with Crippen LogP contribution in [0.3, 0.4) is 0 Å². The number of hydrogen-bond donors (Lipinski definition) is 1. The molecule has 0 aliphatic heterocycles. The average molecular weight is 259 g/mol. The van der Waals surface area contributed by atoms with Gasteiger partial charge in [0.15, 0.2) is 0 Å². The van der Waals surface area contributed by atoms with Crippen LogP contribution in [0.15, 0.2) is 16.6 Å². The van der Waals surface area contributed by atoms with Crippen molar-refractivity contribution in [3.05, 3.63) is 22.3 Å². The van der Waals surface area contributed by atoms with E-state index in [9.17, 15) is 0 Å². The van der Waals surface area contributed by atoms with Crippen LogP contribution in [-0.4, -0.2) is 24.7 Å². The van der Waals surface area contributed by atoms with Crippen molar-refractivity contribution in [2.75, 3.05) is 19.0 Å². The zero-order chi connectivity index (χ0) is 10.6. The molecule has 4 heteroatoms. The van der Waals surface area contributed by atoms with Gasteiger partial charge in [0.1, 0.15) is 5.82 Å². The highest BCUT2D eigenvalue weighted by molar-refractivity contribution is 9.10. The lowest BCUT2D eigenvalue weighted by molar-refractivity contribution is 0.190. The summed E-state index contributed by atoms with van der Waals surface area (Å²) in [5.41, 5.74) is 0.986. The van der Waals surface area contributed by atoms with E-state index in [4.69, 9.17) is 4.74 Å². The molecule has 14 heavy (non-hydrogen) atoms. The molecule has 0 aromatic carbocycles. The highest BCUT2D eigenvalue weighted by atomic mass is 79.9. The fraction of sp³-hybridized carbons (Fsp3) is 0.500. The number of anilines is 1. The number of aromatic nitrogens is 1. The van der Waals surface area contributed by atoms with Crippen molar-refractivity contribution in [3.63, 3.8) is 0 Å². The maximum absolute atomic E-state index is 5.03. The summed E-state index contributed by atoms with van der Waals surface area (Å²) in [6.45, 7) is 4.70. The summed E-state index contributed by atoms with van der Waals surface area (Å²) < 4.78 is 6.06. The highest BCUT2D eigenvalue weighted by Gasteiger charge is 2.03. The minimum Gasteiger partial charge on any atom is -0.383 e. The van der Waals surface area contributed by atoms with Gasteiger partial charge in [-0.15, -0.1) is 0 Å². The van der Waals surface area contributed by atoms with Crippen molar-refractivity contribution >= 4 is 21.7 Å². The molecule has 0 saturated heterocycles. The Kier molecular flexibility index (Phi) is 4.35. The Hall–Kier alpha value is -0.610. The number of halogens is 1. The summed E-state index contributed by atoms with van der Waals surface area (Å²) >= 11 is 3.41. The molecule has 0 aliphatic carbocycles. The van der Waals surface area contributed by atoms with Gasteiger partial charge in [0, 0.05) is 17.6 Å². The van der Waals surface area contributed by atoms with E-state index in [0.29, 0.717) is 6.61 Å². The molecule has 1 heterocycles. The molecule has 0 bridgehead atoms. The van der Waals surface area contributed by atoms with Gasteiger partial charge in [0.05, 0.1) is 12.3 Å². The molecule has 0 radical (unpaired) electrons. The highest BCUT2D eigenvalue weighted by Crippen LogP contribution is 2.16. The van der Waals surface area contributed by atoms with E-state index in [0.717, 1.165) is 16.0 Å². The number of pyridine rings is 1. The summed E-state index contributed by atoms with van der Waals surface area (Å²) in [5.74, 6) is 0.884. The zero-order valence-corrected chi connectivity index (χ0v) is 10.3. The van der Waals surface area contributed by atoms with E-state index in [1.807, 2.05) is 19.1 Å². The SMILES string of the molecule is COCC(C)Nc1ccc(Br)c(C)n1. The monoisotopic (exact) mass is 258 g/mol. The molecule has 0 fully saturated rings. The van der Waals surface area contributed by atoms with E-state index in [2.05, 4.69) is 33.2 Å². The Morgan fingerprint density at radius 2 is 2.29 bits per heavy atom. The molecule has 1 aromatic heterocycles. The number of nitrogens with one attached hydrogen (secondary N) is 1. The van der Waals surface area contributed by atoms with Crippen molar-refractivity contribution in [1.29, 1.82) is 0 Å². The number of nitrogens with zero attached hydrogens (tertiary/aromatic N) is 1. The molecule has 0 saturated carbocycles. The predicted octanol–water partition coefficient (Wildman–Crippen LogP) is 2.60. The largest absolute Gasteiger partial charge is 0.383 e. The molecule has 78 valence electrons. The number of aryl methyl sites for hydroxylation is 1. The van der Waals surface area contributed by atoms with Crippen LogP contribution in [-0.2, 0) is 4.74 Å². The van der Waals surface area contributed by atoms with Crippen LogP contribution >= 0.6 is 15.9 Å². The first kappa shape index (κ1) is 11.5. The van der Waals surface area contributed by atoms with Gasteiger partial charge in [0.25, 0.3) is 0 Å². The van der Waals surface area contributed by atoms with Crippen molar-refractivity contribution in [2.24, 2.45) is 0 Å². The van der Waals surface area contributed by atoms with Crippen LogP contribution in [0.2, 0.25) is 0 Å². The van der Waals surface area contributed by atoms with Crippen molar-refractivity contribution < 1.29 is 4.74 Å². The van der Waals surface area contributed by atoms with E-state index in [1.165, 1.54) is 0 Å². The summed E-state index contributed by atoms with van der Waals surface area (Å²) in [7, 11) is 1.69. The van der Waals surface area contributed by atoms with Crippen molar-refractivity contribution in [1.82, 2.24) is 4.98 Å². The van der Waals surface area contributed by atoms with Gasteiger partial charge >= 0.3 is 0 Å². The third-order valence-electron chi connectivity index (χ3n) is 1.83. The van der Waals surface area contributed by atoms with Crippen LogP contribution in [0.25, 0.3) is 0 Å². The van der Waals surface area contributed by atoms with Crippen molar-refractivity contribution in [3.8, 4) is 0 Å². The van der Waals surface area contributed by atoms with Gasteiger partial charge in [0.2, 0.25) is 0 Å². The third kappa shape index (κ3) is 3.27. The van der Waals surface area contributed by atoms with Crippen LogP contribution < -0.4 is 5.32 Å². The minimum atomic E-state index is 0.271. The molecule has 1 N–H and O–H groups in total. The van der Waals surface area contributed by atoms with Crippen LogP contribution in [0.5, 0.6) is 0 Å². The molecule has 1 rings (SSSR count). The fourth-order valence-corrected chi connectivity index (χ4v) is 1.39. The lowest BCUT2D eigenvalue weighted by atomic mass is 10.3. The summed E-state index contributed by atoms with van der Waals surface area (Å²) in [4.78, 5) is 4.38. The second kappa shape index (κ2) is 5.32. The topological polar surface area (TPSA) is 34.1 Å². The summed E-state index contributed by atoms with van der Waals surface area (Å²) in [5, 5.41) is 3.25. The third-order valence-corrected chi connectivity index (χ3v) is 2.67. The first-order chi connectivity index (χ1) is 6.63. The zero-order valence-electron chi connectivity index (χ0n) is 8.67. The van der Waals surface area contributed by atoms with Gasteiger partial charge in [-0.3, -0.25) is 0 Å². The van der Waals surface area contributed by atoms with Crippen molar-refractivity contribution in [2.45, 2.75) is 19.9 Å². The Bertz CT molecular complexity index is 304. The van der Waals surface area contributed by atoms with E-state index >= 15 is 0 Å². The molecular formula is C10H15BrN2O. The number of hydrogen-bond acceptors (Lipinski definition) is 3. The van der Waals surface area contributed by atoms with Gasteiger partial charge in [-0.25, -0.2) is 4.98 Å². The fourth-order valence-electron chi connectivity index (χ4n) is 1.17. The van der Waals surface area contributed by atoms with E-state index in [-0.39, 0.29) is 6.04 Å². The number of rotatable bonds is 4. The van der Waals surface area contributed by atoms with E-state index in [1.54, 1.807) is 7.11 Å². The maximum atomic E-state index is 5.03. The molecule has 0 aliphatic rings. The molecule has 1 unspecified atom stereocenters. The Balaban J connectivity index is 2.63. The predicted molar refractivity (Wildman–Crippen MR) is 61.6 cm³/mol. The average Bonchev–Trinajstić information content (AvgIpc) is 2.12. The molecule has 3 nitrogen and oxygen atoms in total. The molecular weight excluding hydrogens is 244 g/mol.